The Hall–Kier alpha value is -2.23. The van der Waals surface area contributed by atoms with E-state index in [1.165, 1.54) is 6.33 Å². The number of hydrogen-bond donors (Lipinski definition) is 1. The summed E-state index contributed by atoms with van der Waals surface area (Å²) in [5.41, 5.74) is 2.81. The van der Waals surface area contributed by atoms with Crippen molar-refractivity contribution >= 4 is 5.97 Å². The second-order valence-electron chi connectivity index (χ2n) is 3.52. The van der Waals surface area contributed by atoms with E-state index < -0.39 is 5.97 Å². The summed E-state index contributed by atoms with van der Waals surface area (Å²) in [6.07, 6.45) is 4.76. The van der Waals surface area contributed by atoms with Crippen LogP contribution >= 0.6 is 0 Å². The van der Waals surface area contributed by atoms with Gasteiger partial charge in [-0.1, -0.05) is 6.07 Å². The van der Waals surface area contributed by atoms with E-state index in [2.05, 4.69) is 9.97 Å². The van der Waals surface area contributed by atoms with Crippen LogP contribution in [0.2, 0.25) is 0 Å². The summed E-state index contributed by atoms with van der Waals surface area (Å²) in [4.78, 5) is 18.7. The molecule has 0 aliphatic rings. The number of hydrogen-bond acceptors (Lipinski definition) is 3. The molecule has 4 heteroatoms. The van der Waals surface area contributed by atoms with Gasteiger partial charge in [-0.05, 0) is 30.2 Å². The Balaban J connectivity index is 2.54. The van der Waals surface area contributed by atoms with E-state index in [0.717, 1.165) is 16.7 Å². The number of aryl methyl sites for hydroxylation is 1. The third-order valence-corrected chi connectivity index (χ3v) is 2.22. The van der Waals surface area contributed by atoms with Crippen LogP contribution < -0.4 is 0 Å². The van der Waals surface area contributed by atoms with Crippen molar-refractivity contribution in [3.05, 3.63) is 48.0 Å². The lowest BCUT2D eigenvalue weighted by atomic mass is 10.0. The molecule has 1 aromatic carbocycles. The van der Waals surface area contributed by atoms with Crippen molar-refractivity contribution in [3.63, 3.8) is 0 Å². The topological polar surface area (TPSA) is 63.1 Å². The van der Waals surface area contributed by atoms with E-state index >= 15 is 0 Å². The van der Waals surface area contributed by atoms with Crippen LogP contribution in [0.3, 0.4) is 0 Å². The smallest absolute Gasteiger partial charge is 0.335 e. The minimum atomic E-state index is -0.929. The average Bonchev–Trinajstić information content (AvgIpc) is 2.29. The van der Waals surface area contributed by atoms with Gasteiger partial charge in [0.15, 0.2) is 0 Å². The molecule has 1 aromatic heterocycles. The highest BCUT2D eigenvalue weighted by molar-refractivity contribution is 5.89. The summed E-state index contributed by atoms with van der Waals surface area (Å²) in [6, 6.07) is 5.16. The number of carboxylic acids is 1. The molecule has 1 N–H and O–H groups in total. The third-order valence-electron chi connectivity index (χ3n) is 2.22. The first-order valence-electron chi connectivity index (χ1n) is 4.77. The number of rotatable bonds is 2. The molecule has 0 spiro atoms. The van der Waals surface area contributed by atoms with Gasteiger partial charge in [-0.15, -0.1) is 0 Å². The van der Waals surface area contributed by atoms with Gasteiger partial charge in [0.05, 0.1) is 5.56 Å². The van der Waals surface area contributed by atoms with Crippen molar-refractivity contribution in [2.45, 2.75) is 6.92 Å². The van der Waals surface area contributed by atoms with E-state index in [4.69, 9.17) is 5.11 Å². The highest BCUT2D eigenvalue weighted by Crippen LogP contribution is 2.20. The van der Waals surface area contributed by atoms with Crippen molar-refractivity contribution in [2.24, 2.45) is 0 Å². The van der Waals surface area contributed by atoms with Gasteiger partial charge in [0.25, 0.3) is 0 Å². The summed E-state index contributed by atoms with van der Waals surface area (Å²) >= 11 is 0. The fourth-order valence-electron chi connectivity index (χ4n) is 1.52. The number of nitrogens with zero attached hydrogens (tertiary/aromatic N) is 2. The molecule has 0 radical (unpaired) electrons. The second kappa shape index (κ2) is 4.10. The predicted molar refractivity (Wildman–Crippen MR) is 59.2 cm³/mol. The van der Waals surface area contributed by atoms with Crippen LogP contribution in [0.25, 0.3) is 11.1 Å². The Kier molecular flexibility index (Phi) is 2.64. The molecule has 1 heterocycles. The highest BCUT2D eigenvalue weighted by atomic mass is 16.4. The molecular formula is C12H10N2O2. The van der Waals surface area contributed by atoms with Gasteiger partial charge in [0, 0.05) is 18.0 Å². The third kappa shape index (κ3) is 2.06. The maximum atomic E-state index is 10.9. The molecule has 16 heavy (non-hydrogen) atoms. The predicted octanol–water partition coefficient (Wildman–Crippen LogP) is 2.15. The van der Waals surface area contributed by atoms with Crippen LogP contribution in [-0.2, 0) is 0 Å². The minimum Gasteiger partial charge on any atom is -0.478 e. The summed E-state index contributed by atoms with van der Waals surface area (Å²) in [7, 11) is 0. The molecule has 0 aliphatic heterocycles. The normalized spacial score (nSPS) is 10.1. The van der Waals surface area contributed by atoms with Crippen LogP contribution in [-0.4, -0.2) is 21.0 Å². The van der Waals surface area contributed by atoms with Gasteiger partial charge in [-0.3, -0.25) is 0 Å². The molecule has 0 amide bonds. The molecular weight excluding hydrogens is 204 g/mol. The molecule has 0 fully saturated rings. The SMILES string of the molecule is Cc1cc(C(=O)O)cc(-c2cncnc2)c1. The lowest BCUT2D eigenvalue weighted by Crippen LogP contribution is -1.97. The van der Waals surface area contributed by atoms with E-state index in [1.807, 2.05) is 13.0 Å². The summed E-state index contributed by atoms with van der Waals surface area (Å²) in [5, 5.41) is 8.95. The van der Waals surface area contributed by atoms with E-state index in [1.54, 1.807) is 24.5 Å². The summed E-state index contributed by atoms with van der Waals surface area (Å²) < 4.78 is 0. The molecule has 0 aliphatic carbocycles. The molecule has 0 unspecified atom stereocenters. The number of aromatic carboxylic acids is 1. The highest BCUT2D eigenvalue weighted by Gasteiger charge is 2.06. The van der Waals surface area contributed by atoms with Gasteiger partial charge in [-0.25, -0.2) is 14.8 Å². The first kappa shape index (κ1) is 10.3. The van der Waals surface area contributed by atoms with Crippen molar-refractivity contribution < 1.29 is 9.90 Å². The Labute approximate surface area is 92.6 Å². The summed E-state index contributed by atoms with van der Waals surface area (Å²) in [6.45, 7) is 1.86. The van der Waals surface area contributed by atoms with Gasteiger partial charge < -0.3 is 5.11 Å². The number of benzene rings is 1. The maximum absolute atomic E-state index is 10.9. The first-order chi connectivity index (χ1) is 7.66. The Morgan fingerprint density at radius 3 is 2.44 bits per heavy atom. The monoisotopic (exact) mass is 214 g/mol. The van der Waals surface area contributed by atoms with Crippen LogP contribution in [0, 0.1) is 6.92 Å². The zero-order valence-electron chi connectivity index (χ0n) is 8.71. The molecule has 0 saturated carbocycles. The quantitative estimate of drug-likeness (QED) is 0.831. The van der Waals surface area contributed by atoms with E-state index in [0.29, 0.717) is 0 Å². The van der Waals surface area contributed by atoms with E-state index in [9.17, 15) is 4.79 Å². The van der Waals surface area contributed by atoms with E-state index in [-0.39, 0.29) is 5.56 Å². The zero-order valence-corrected chi connectivity index (χ0v) is 8.71. The van der Waals surface area contributed by atoms with Crippen molar-refractivity contribution in [2.75, 3.05) is 0 Å². The molecule has 0 saturated heterocycles. The lowest BCUT2D eigenvalue weighted by molar-refractivity contribution is 0.0697. The average molecular weight is 214 g/mol. The molecule has 0 atom stereocenters. The Morgan fingerprint density at radius 1 is 1.12 bits per heavy atom. The van der Waals surface area contributed by atoms with Crippen molar-refractivity contribution in [1.29, 1.82) is 0 Å². The standard InChI is InChI=1S/C12H10N2O2/c1-8-2-9(4-10(3-8)12(15)16)11-5-13-7-14-6-11/h2-7H,1H3,(H,15,16). The first-order valence-corrected chi connectivity index (χ1v) is 4.77. The van der Waals surface area contributed by atoms with Crippen LogP contribution in [0.5, 0.6) is 0 Å². The maximum Gasteiger partial charge on any atom is 0.335 e. The molecule has 2 rings (SSSR count). The zero-order chi connectivity index (χ0) is 11.5. The molecule has 80 valence electrons. The fourth-order valence-corrected chi connectivity index (χ4v) is 1.52. The van der Waals surface area contributed by atoms with Gasteiger partial charge >= 0.3 is 5.97 Å². The van der Waals surface area contributed by atoms with Crippen LogP contribution in [0.1, 0.15) is 15.9 Å². The Morgan fingerprint density at radius 2 is 1.81 bits per heavy atom. The number of carboxylic acid groups (broad SMARTS) is 1. The van der Waals surface area contributed by atoms with Gasteiger partial charge in [-0.2, -0.15) is 0 Å². The van der Waals surface area contributed by atoms with Crippen LogP contribution in [0.15, 0.2) is 36.9 Å². The fraction of sp³-hybridized carbons (Fsp3) is 0.0833. The summed E-state index contributed by atoms with van der Waals surface area (Å²) in [5.74, 6) is -0.929. The second-order valence-corrected chi connectivity index (χ2v) is 3.52. The Bertz CT molecular complexity index is 524. The van der Waals surface area contributed by atoms with Crippen molar-refractivity contribution in [3.8, 4) is 11.1 Å². The molecule has 2 aromatic rings. The van der Waals surface area contributed by atoms with Crippen molar-refractivity contribution in [1.82, 2.24) is 9.97 Å². The lowest BCUT2D eigenvalue weighted by Gasteiger charge is -2.04. The molecule has 0 bridgehead atoms. The van der Waals surface area contributed by atoms with Gasteiger partial charge in [0.2, 0.25) is 0 Å². The number of carbonyl (C=O) groups is 1. The largest absolute Gasteiger partial charge is 0.478 e. The molecule has 4 nitrogen and oxygen atoms in total. The van der Waals surface area contributed by atoms with Gasteiger partial charge in [0.1, 0.15) is 6.33 Å². The minimum absolute atomic E-state index is 0.277. The van der Waals surface area contributed by atoms with Crippen LogP contribution in [0.4, 0.5) is 0 Å². The number of aromatic nitrogens is 2.